The third-order valence-corrected chi connectivity index (χ3v) is 7.25. The molecule has 0 radical (unpaired) electrons. The second kappa shape index (κ2) is 8.18. The van der Waals surface area contributed by atoms with Gasteiger partial charge in [-0.15, -0.1) is 11.3 Å². The van der Waals surface area contributed by atoms with Gasteiger partial charge in [0.05, 0.1) is 24.8 Å². The van der Waals surface area contributed by atoms with Crippen molar-refractivity contribution in [1.29, 1.82) is 0 Å². The summed E-state index contributed by atoms with van der Waals surface area (Å²) in [5, 5.41) is 3.92. The Morgan fingerprint density at radius 2 is 2.13 bits per heavy atom. The molecule has 1 aliphatic heterocycles. The molecule has 30 heavy (non-hydrogen) atoms. The fraction of sp³-hybridized carbons (Fsp3) is 0.455. The number of fused-ring (bicyclic) bond motifs is 3. The summed E-state index contributed by atoms with van der Waals surface area (Å²) < 4.78 is 1.65. The molecule has 0 saturated heterocycles. The largest absolute Gasteiger partial charge is 0.335 e. The predicted molar refractivity (Wildman–Crippen MR) is 117 cm³/mol. The summed E-state index contributed by atoms with van der Waals surface area (Å²) in [6.45, 7) is 1.64. The van der Waals surface area contributed by atoms with Crippen molar-refractivity contribution in [2.45, 2.75) is 57.7 Å². The number of carbonyl (C=O) groups excluding carboxylic acids is 1. The summed E-state index contributed by atoms with van der Waals surface area (Å²) in [5.41, 5.74) is 2.02. The SMILES string of the molecule is O=C(NC1CCCCC1)N1CCc2c(sc3ncn(Cc4cccnc4)c(=O)c23)C1. The normalized spacial score (nSPS) is 17.1. The number of rotatable bonds is 3. The van der Waals surface area contributed by atoms with Gasteiger partial charge in [-0.3, -0.25) is 14.3 Å². The smallest absolute Gasteiger partial charge is 0.317 e. The Kier molecular flexibility index (Phi) is 5.25. The zero-order valence-electron chi connectivity index (χ0n) is 16.8. The first-order chi connectivity index (χ1) is 14.7. The van der Waals surface area contributed by atoms with Gasteiger partial charge < -0.3 is 10.2 Å². The average Bonchev–Trinajstić information content (AvgIpc) is 3.15. The number of nitrogens with zero attached hydrogens (tertiary/aromatic N) is 4. The molecule has 2 amide bonds. The second-order valence-electron chi connectivity index (χ2n) is 8.18. The summed E-state index contributed by atoms with van der Waals surface area (Å²) >= 11 is 1.54. The van der Waals surface area contributed by atoms with Gasteiger partial charge in [-0.1, -0.05) is 25.3 Å². The van der Waals surface area contributed by atoms with E-state index in [-0.39, 0.29) is 11.6 Å². The van der Waals surface area contributed by atoms with Crippen LogP contribution in [0.2, 0.25) is 0 Å². The Balaban J connectivity index is 1.37. The molecule has 1 N–H and O–H groups in total. The van der Waals surface area contributed by atoms with Gasteiger partial charge >= 0.3 is 6.03 Å². The molecule has 0 spiro atoms. The van der Waals surface area contributed by atoms with Crippen LogP contribution in [0.4, 0.5) is 4.79 Å². The van der Waals surface area contributed by atoms with E-state index in [1.165, 1.54) is 30.6 Å². The molecule has 2 aliphatic rings. The van der Waals surface area contributed by atoms with Crippen LogP contribution in [0.3, 0.4) is 0 Å². The number of urea groups is 1. The molecule has 0 aromatic carbocycles. The molecule has 4 heterocycles. The number of pyridine rings is 1. The molecule has 3 aromatic rings. The van der Waals surface area contributed by atoms with Gasteiger partial charge in [-0.25, -0.2) is 9.78 Å². The molecular weight excluding hydrogens is 398 g/mol. The first kappa shape index (κ1) is 19.2. The van der Waals surface area contributed by atoms with Crippen LogP contribution in [0.25, 0.3) is 10.2 Å². The quantitative estimate of drug-likeness (QED) is 0.701. The summed E-state index contributed by atoms with van der Waals surface area (Å²) in [7, 11) is 0. The Bertz CT molecular complexity index is 1120. The predicted octanol–water partition coefficient (Wildman–Crippen LogP) is 3.30. The minimum atomic E-state index is -0.0125. The van der Waals surface area contributed by atoms with E-state index in [4.69, 9.17) is 0 Å². The number of aromatic nitrogens is 3. The molecule has 0 atom stereocenters. The number of carbonyl (C=O) groups is 1. The van der Waals surface area contributed by atoms with E-state index in [1.54, 1.807) is 23.3 Å². The standard InChI is InChI=1S/C22H25N5O2S/c28-21-19-17-8-10-26(22(29)25-16-6-2-1-3-7-16)13-18(17)30-20(19)24-14-27(21)12-15-5-4-9-23-11-15/h4-5,9,11,14,16H,1-3,6-8,10,12-13H2,(H,25,29). The van der Waals surface area contributed by atoms with E-state index in [2.05, 4.69) is 15.3 Å². The molecule has 1 aliphatic carbocycles. The maximum absolute atomic E-state index is 13.2. The average molecular weight is 424 g/mol. The van der Waals surface area contributed by atoms with Crippen LogP contribution in [0.15, 0.2) is 35.6 Å². The van der Waals surface area contributed by atoms with Gasteiger partial charge in [-0.2, -0.15) is 0 Å². The Morgan fingerprint density at radius 3 is 2.93 bits per heavy atom. The van der Waals surface area contributed by atoms with Crippen molar-refractivity contribution in [2.75, 3.05) is 6.54 Å². The molecular formula is C22H25N5O2S. The van der Waals surface area contributed by atoms with Gasteiger partial charge in [0, 0.05) is 29.9 Å². The number of hydrogen-bond acceptors (Lipinski definition) is 5. The maximum Gasteiger partial charge on any atom is 0.317 e. The molecule has 8 heteroatoms. The monoisotopic (exact) mass is 423 g/mol. The highest BCUT2D eigenvalue weighted by Gasteiger charge is 2.27. The maximum atomic E-state index is 13.2. The van der Waals surface area contributed by atoms with Gasteiger partial charge in [0.1, 0.15) is 4.83 Å². The number of nitrogens with one attached hydrogen (secondary N) is 1. The van der Waals surface area contributed by atoms with Gasteiger partial charge in [0.15, 0.2) is 0 Å². The molecule has 0 unspecified atom stereocenters. The summed E-state index contributed by atoms with van der Waals surface area (Å²) in [6, 6.07) is 4.14. The molecule has 3 aromatic heterocycles. The highest BCUT2D eigenvalue weighted by atomic mass is 32.1. The second-order valence-corrected chi connectivity index (χ2v) is 9.26. The zero-order chi connectivity index (χ0) is 20.5. The molecule has 7 nitrogen and oxygen atoms in total. The number of thiophene rings is 1. The molecule has 1 fully saturated rings. The third-order valence-electron chi connectivity index (χ3n) is 6.12. The third kappa shape index (κ3) is 3.71. The Labute approximate surface area is 178 Å². The van der Waals surface area contributed by atoms with Crippen molar-refractivity contribution in [3.05, 3.63) is 57.2 Å². The minimum Gasteiger partial charge on any atom is -0.335 e. The zero-order valence-corrected chi connectivity index (χ0v) is 17.7. The molecule has 0 bridgehead atoms. The van der Waals surface area contributed by atoms with Crippen LogP contribution in [0.5, 0.6) is 0 Å². The topological polar surface area (TPSA) is 80.1 Å². The summed E-state index contributed by atoms with van der Waals surface area (Å²) in [5.74, 6) is 0. The Morgan fingerprint density at radius 1 is 1.27 bits per heavy atom. The van der Waals surface area contributed by atoms with Crippen molar-refractivity contribution in [1.82, 2.24) is 24.8 Å². The highest BCUT2D eigenvalue weighted by Crippen LogP contribution is 2.32. The molecule has 1 saturated carbocycles. The lowest BCUT2D eigenvalue weighted by molar-refractivity contribution is 0.185. The first-order valence-corrected chi connectivity index (χ1v) is 11.4. The molecule has 5 rings (SSSR count). The van der Waals surface area contributed by atoms with E-state index in [9.17, 15) is 9.59 Å². The van der Waals surface area contributed by atoms with Crippen molar-refractivity contribution >= 4 is 27.6 Å². The van der Waals surface area contributed by atoms with E-state index < -0.39 is 0 Å². The van der Waals surface area contributed by atoms with Crippen molar-refractivity contribution in [3.8, 4) is 0 Å². The van der Waals surface area contributed by atoms with Gasteiger partial charge in [0.2, 0.25) is 0 Å². The van der Waals surface area contributed by atoms with Gasteiger partial charge in [-0.05, 0) is 36.5 Å². The number of hydrogen-bond donors (Lipinski definition) is 1. The van der Waals surface area contributed by atoms with E-state index in [0.29, 0.717) is 37.5 Å². The lowest BCUT2D eigenvalue weighted by Gasteiger charge is -2.30. The first-order valence-electron chi connectivity index (χ1n) is 10.6. The molecule has 156 valence electrons. The van der Waals surface area contributed by atoms with E-state index >= 15 is 0 Å². The summed E-state index contributed by atoms with van der Waals surface area (Å²) in [6.07, 6.45) is 11.6. The summed E-state index contributed by atoms with van der Waals surface area (Å²) in [4.78, 5) is 38.3. The van der Waals surface area contributed by atoms with E-state index in [1.807, 2.05) is 17.0 Å². The van der Waals surface area contributed by atoms with Crippen LogP contribution >= 0.6 is 11.3 Å². The fourth-order valence-electron chi connectivity index (χ4n) is 4.51. The van der Waals surface area contributed by atoms with Crippen LogP contribution in [-0.4, -0.2) is 38.1 Å². The van der Waals surface area contributed by atoms with Crippen molar-refractivity contribution < 1.29 is 4.79 Å². The fourth-order valence-corrected chi connectivity index (χ4v) is 5.70. The van der Waals surface area contributed by atoms with Crippen LogP contribution in [0.1, 0.15) is 48.1 Å². The minimum absolute atomic E-state index is 0.0125. The van der Waals surface area contributed by atoms with Crippen LogP contribution < -0.4 is 10.9 Å². The van der Waals surface area contributed by atoms with Crippen LogP contribution in [0, 0.1) is 0 Å². The lowest BCUT2D eigenvalue weighted by atomic mass is 9.96. The number of amides is 2. The highest BCUT2D eigenvalue weighted by molar-refractivity contribution is 7.18. The van der Waals surface area contributed by atoms with Crippen LogP contribution in [-0.2, 0) is 19.5 Å². The lowest BCUT2D eigenvalue weighted by Crippen LogP contribution is -2.47. The van der Waals surface area contributed by atoms with Gasteiger partial charge in [0.25, 0.3) is 5.56 Å². The Hall–Kier alpha value is -2.74. The van der Waals surface area contributed by atoms with E-state index in [0.717, 1.165) is 33.7 Å². The van der Waals surface area contributed by atoms with Crippen molar-refractivity contribution in [3.63, 3.8) is 0 Å². The van der Waals surface area contributed by atoms with Crippen molar-refractivity contribution in [2.24, 2.45) is 0 Å².